The number of hydrogen-bond acceptors (Lipinski definition) is 6. The van der Waals surface area contributed by atoms with Crippen LogP contribution in [0.25, 0.3) is 17.0 Å². The summed E-state index contributed by atoms with van der Waals surface area (Å²) in [5.74, 6) is -1.24. The highest BCUT2D eigenvalue weighted by atomic mass is 19.1. The van der Waals surface area contributed by atoms with Crippen molar-refractivity contribution in [3.63, 3.8) is 0 Å². The molecule has 210 valence electrons. The first-order valence-corrected chi connectivity index (χ1v) is 13.0. The first-order valence-electron chi connectivity index (χ1n) is 13.0. The van der Waals surface area contributed by atoms with E-state index >= 15 is 0 Å². The van der Waals surface area contributed by atoms with E-state index in [1.54, 1.807) is 36.4 Å². The molecule has 0 aliphatic rings. The Kier molecular flexibility index (Phi) is 9.36. The van der Waals surface area contributed by atoms with Gasteiger partial charge in [0.25, 0.3) is 5.69 Å². The Morgan fingerprint density at radius 1 is 0.976 bits per heavy atom. The number of hydrogen-bond donors (Lipinski definition) is 0. The predicted molar refractivity (Wildman–Crippen MR) is 152 cm³/mol. The minimum absolute atomic E-state index is 0.0617. The van der Waals surface area contributed by atoms with Gasteiger partial charge in [0.05, 0.1) is 28.7 Å². The highest BCUT2D eigenvalue weighted by Crippen LogP contribution is 2.16. The minimum Gasteiger partial charge on any atom is -0.464 e. The summed E-state index contributed by atoms with van der Waals surface area (Å²) in [5.41, 5.74) is 1.61. The van der Waals surface area contributed by atoms with Crippen LogP contribution in [0.4, 0.5) is 10.1 Å². The van der Waals surface area contributed by atoms with Gasteiger partial charge in [-0.1, -0.05) is 31.2 Å². The molecule has 2 amide bonds. The van der Waals surface area contributed by atoms with Crippen molar-refractivity contribution in [3.05, 3.63) is 128 Å². The van der Waals surface area contributed by atoms with E-state index < -0.39 is 22.6 Å². The summed E-state index contributed by atoms with van der Waals surface area (Å²) in [4.78, 5) is 53.0. The Hall–Kier alpha value is -5.12. The molecule has 0 atom stereocenters. The molecule has 0 bridgehead atoms. The number of halogens is 1. The molecule has 0 unspecified atom stereocenters. The Bertz CT molecular complexity index is 1630. The number of carbonyl (C=O) groups is 2. The molecule has 0 aliphatic heterocycles. The predicted octanol–water partition coefficient (Wildman–Crippen LogP) is 5.32. The highest BCUT2D eigenvalue weighted by molar-refractivity contribution is 5.94. The second-order valence-corrected chi connectivity index (χ2v) is 9.40. The number of nitro benzene ring substituents is 1. The van der Waals surface area contributed by atoms with Gasteiger partial charge in [0.1, 0.15) is 17.9 Å². The summed E-state index contributed by atoms with van der Waals surface area (Å²) in [6, 6.07) is 18.2. The van der Waals surface area contributed by atoms with Crippen LogP contribution >= 0.6 is 0 Å². The average Bonchev–Trinajstić information content (AvgIpc) is 2.98. The van der Waals surface area contributed by atoms with Crippen molar-refractivity contribution in [3.8, 4) is 0 Å². The van der Waals surface area contributed by atoms with Gasteiger partial charge in [0.2, 0.25) is 11.8 Å². The van der Waals surface area contributed by atoms with E-state index in [9.17, 15) is 28.9 Å². The lowest BCUT2D eigenvalue weighted by molar-refractivity contribution is -0.384. The maximum absolute atomic E-state index is 13.6. The van der Waals surface area contributed by atoms with Crippen molar-refractivity contribution in [1.82, 2.24) is 9.80 Å². The van der Waals surface area contributed by atoms with Gasteiger partial charge < -0.3 is 14.2 Å². The van der Waals surface area contributed by atoms with Gasteiger partial charge in [-0.05, 0) is 60.0 Å². The van der Waals surface area contributed by atoms with Crippen LogP contribution in [0.1, 0.15) is 30.0 Å². The second kappa shape index (κ2) is 13.3. The van der Waals surface area contributed by atoms with Gasteiger partial charge in [-0.25, -0.2) is 4.39 Å². The topological polar surface area (TPSA) is 114 Å². The molecular weight excluding hydrogens is 529 g/mol. The fourth-order valence-electron chi connectivity index (χ4n) is 4.26. The molecule has 0 saturated carbocycles. The van der Waals surface area contributed by atoms with E-state index in [1.807, 2.05) is 6.92 Å². The molecule has 0 fully saturated rings. The number of amides is 2. The zero-order valence-corrected chi connectivity index (χ0v) is 22.4. The molecule has 4 rings (SSSR count). The largest absolute Gasteiger partial charge is 0.464 e. The third-order valence-corrected chi connectivity index (χ3v) is 6.41. The van der Waals surface area contributed by atoms with Crippen LogP contribution in [0.15, 0.2) is 94.3 Å². The lowest BCUT2D eigenvalue weighted by Crippen LogP contribution is -2.42. The lowest BCUT2D eigenvalue weighted by Gasteiger charge is -2.27. The SMILES string of the molecule is CCCN(CC(=O)N(Cc1ccc(F)cc1)Cc1coc2ccccc2c1=O)C(=O)/C=C/c1ccc([N+](=O)[O-])cc1. The van der Waals surface area contributed by atoms with Crippen molar-refractivity contribution in [2.75, 3.05) is 13.1 Å². The van der Waals surface area contributed by atoms with Crippen LogP contribution in [0.5, 0.6) is 0 Å². The Morgan fingerprint density at radius 3 is 2.37 bits per heavy atom. The summed E-state index contributed by atoms with van der Waals surface area (Å²) in [6.07, 6.45) is 4.76. The number of benzene rings is 3. The molecule has 9 nitrogen and oxygen atoms in total. The van der Waals surface area contributed by atoms with Crippen LogP contribution in [-0.4, -0.2) is 39.6 Å². The Balaban J connectivity index is 1.56. The van der Waals surface area contributed by atoms with E-state index in [-0.39, 0.29) is 36.3 Å². The quantitative estimate of drug-likeness (QED) is 0.140. The molecule has 10 heteroatoms. The van der Waals surface area contributed by atoms with Crippen molar-refractivity contribution in [1.29, 1.82) is 0 Å². The molecular formula is C31H28FN3O6. The smallest absolute Gasteiger partial charge is 0.269 e. The van der Waals surface area contributed by atoms with E-state index in [2.05, 4.69) is 0 Å². The number of rotatable bonds is 11. The standard InChI is InChI=1S/C31H28FN3O6/c1-2-17-33(29(36)16-11-22-9-14-26(15-10-22)35(39)40)20-30(37)34(18-23-7-12-25(32)13-8-23)19-24-21-41-28-6-4-3-5-27(28)31(24)38/h3-16,21H,2,17-20H2,1H3/b16-11+. The Labute approximate surface area is 235 Å². The maximum atomic E-state index is 13.6. The van der Waals surface area contributed by atoms with Crippen LogP contribution in [0.2, 0.25) is 0 Å². The molecule has 0 aliphatic carbocycles. The van der Waals surface area contributed by atoms with E-state index in [0.29, 0.717) is 35.1 Å². The summed E-state index contributed by atoms with van der Waals surface area (Å²) in [7, 11) is 0. The van der Waals surface area contributed by atoms with Gasteiger partial charge in [-0.15, -0.1) is 0 Å². The summed E-state index contributed by atoms with van der Waals surface area (Å²) in [5, 5.41) is 11.3. The molecule has 1 heterocycles. The lowest BCUT2D eigenvalue weighted by atomic mass is 10.1. The molecule has 0 saturated heterocycles. The molecule has 1 aromatic heterocycles. The fourth-order valence-corrected chi connectivity index (χ4v) is 4.26. The monoisotopic (exact) mass is 557 g/mol. The molecule has 41 heavy (non-hydrogen) atoms. The van der Waals surface area contributed by atoms with Gasteiger partial charge in [-0.2, -0.15) is 0 Å². The molecule has 0 radical (unpaired) electrons. The number of para-hydroxylation sites is 1. The number of carbonyl (C=O) groups excluding carboxylic acids is 2. The normalized spacial score (nSPS) is 11.1. The third kappa shape index (κ3) is 7.51. The molecule has 4 aromatic rings. The van der Waals surface area contributed by atoms with Crippen LogP contribution in [0.3, 0.4) is 0 Å². The van der Waals surface area contributed by atoms with Crippen LogP contribution < -0.4 is 5.43 Å². The summed E-state index contributed by atoms with van der Waals surface area (Å²) >= 11 is 0. The van der Waals surface area contributed by atoms with Gasteiger partial charge >= 0.3 is 0 Å². The molecule has 3 aromatic carbocycles. The van der Waals surface area contributed by atoms with Crippen molar-refractivity contribution < 1.29 is 23.3 Å². The average molecular weight is 558 g/mol. The van der Waals surface area contributed by atoms with Crippen molar-refractivity contribution in [2.24, 2.45) is 0 Å². The van der Waals surface area contributed by atoms with Gasteiger partial charge in [-0.3, -0.25) is 24.5 Å². The number of fused-ring (bicyclic) bond motifs is 1. The number of nitrogens with zero attached hydrogens (tertiary/aromatic N) is 3. The number of non-ortho nitro benzene ring substituents is 1. The van der Waals surface area contributed by atoms with Gasteiger partial charge in [0, 0.05) is 31.3 Å². The maximum Gasteiger partial charge on any atom is 0.269 e. The zero-order valence-electron chi connectivity index (χ0n) is 22.4. The van der Waals surface area contributed by atoms with E-state index in [0.717, 1.165) is 0 Å². The zero-order chi connectivity index (χ0) is 29.4. The van der Waals surface area contributed by atoms with Crippen LogP contribution in [-0.2, 0) is 22.7 Å². The first-order chi connectivity index (χ1) is 19.7. The molecule has 0 spiro atoms. The van der Waals surface area contributed by atoms with E-state index in [4.69, 9.17) is 4.42 Å². The van der Waals surface area contributed by atoms with Gasteiger partial charge in [0.15, 0.2) is 5.43 Å². The summed E-state index contributed by atoms with van der Waals surface area (Å²) in [6.45, 7) is 1.94. The Morgan fingerprint density at radius 2 is 1.68 bits per heavy atom. The van der Waals surface area contributed by atoms with Crippen molar-refractivity contribution >= 4 is 34.5 Å². The van der Waals surface area contributed by atoms with Crippen LogP contribution in [0, 0.1) is 15.9 Å². The highest BCUT2D eigenvalue weighted by Gasteiger charge is 2.22. The molecule has 0 N–H and O–H groups in total. The van der Waals surface area contributed by atoms with E-state index in [1.165, 1.54) is 64.6 Å². The first kappa shape index (κ1) is 28.9. The minimum atomic E-state index is -0.507. The third-order valence-electron chi connectivity index (χ3n) is 6.41. The summed E-state index contributed by atoms with van der Waals surface area (Å²) < 4.78 is 19.1. The fraction of sp³-hybridized carbons (Fsp3) is 0.194. The van der Waals surface area contributed by atoms with Crippen molar-refractivity contribution in [2.45, 2.75) is 26.4 Å². The number of nitro groups is 1. The second-order valence-electron chi connectivity index (χ2n) is 9.40.